The molecule has 0 aliphatic carbocycles. The fraction of sp³-hybridized carbons (Fsp3) is 0.200. The van der Waals surface area contributed by atoms with Crippen LogP contribution in [0, 0.1) is 13.8 Å². The summed E-state index contributed by atoms with van der Waals surface area (Å²) in [5, 5.41) is 3.11. The van der Waals surface area contributed by atoms with Gasteiger partial charge in [0.2, 0.25) is 0 Å². The van der Waals surface area contributed by atoms with Gasteiger partial charge >= 0.3 is 5.97 Å². The van der Waals surface area contributed by atoms with Crippen LogP contribution >= 0.6 is 15.9 Å². The first-order chi connectivity index (χ1) is 13.3. The quantitative estimate of drug-likeness (QED) is 0.612. The Balaban J connectivity index is 1.61. The van der Waals surface area contributed by atoms with Crippen LogP contribution in [0.2, 0.25) is 0 Å². The molecule has 0 fully saturated rings. The number of carbonyl (C=O) groups is 2. The zero-order valence-electron chi connectivity index (χ0n) is 15.4. The first-order valence-electron chi connectivity index (χ1n) is 8.51. The molecule has 2 aromatic carbocycles. The molecular formula is C20H18BrN3O4. The number of nitrogens with zero attached hydrogens (tertiary/aromatic N) is 2. The number of ether oxygens (including phenoxy) is 1. The van der Waals surface area contributed by atoms with Crippen LogP contribution < -0.4 is 10.9 Å². The van der Waals surface area contributed by atoms with Crippen LogP contribution in [0.25, 0.3) is 10.9 Å². The van der Waals surface area contributed by atoms with Crippen molar-refractivity contribution in [3.63, 3.8) is 0 Å². The number of aromatic nitrogens is 2. The van der Waals surface area contributed by atoms with E-state index in [4.69, 9.17) is 4.74 Å². The molecule has 28 heavy (non-hydrogen) atoms. The van der Waals surface area contributed by atoms with Gasteiger partial charge < -0.3 is 10.1 Å². The second-order valence-corrected chi connectivity index (χ2v) is 7.23. The highest BCUT2D eigenvalue weighted by molar-refractivity contribution is 9.10. The van der Waals surface area contributed by atoms with Crippen LogP contribution in [0.5, 0.6) is 0 Å². The van der Waals surface area contributed by atoms with E-state index in [0.717, 1.165) is 15.6 Å². The highest BCUT2D eigenvalue weighted by atomic mass is 79.9. The Kier molecular flexibility index (Phi) is 5.89. The van der Waals surface area contributed by atoms with Crippen LogP contribution in [-0.2, 0) is 20.9 Å². The minimum Gasteiger partial charge on any atom is -0.454 e. The Morgan fingerprint density at radius 2 is 1.96 bits per heavy atom. The number of esters is 1. The van der Waals surface area contributed by atoms with Crippen molar-refractivity contribution in [1.29, 1.82) is 0 Å². The van der Waals surface area contributed by atoms with Crippen LogP contribution in [0.15, 0.2) is 52.0 Å². The second kappa shape index (κ2) is 8.35. The molecule has 0 bridgehead atoms. The van der Waals surface area contributed by atoms with Gasteiger partial charge in [-0.3, -0.25) is 19.0 Å². The van der Waals surface area contributed by atoms with Crippen molar-refractivity contribution in [1.82, 2.24) is 9.55 Å². The number of carbonyl (C=O) groups excluding carboxylic acids is 2. The van der Waals surface area contributed by atoms with Crippen LogP contribution in [0.3, 0.4) is 0 Å². The maximum Gasteiger partial charge on any atom is 0.326 e. The molecule has 0 atom stereocenters. The third-order valence-electron chi connectivity index (χ3n) is 4.18. The monoisotopic (exact) mass is 443 g/mol. The summed E-state index contributed by atoms with van der Waals surface area (Å²) in [6.07, 6.45) is 1.31. The summed E-state index contributed by atoms with van der Waals surface area (Å²) in [6, 6.07) is 10.7. The molecule has 0 spiro atoms. The van der Waals surface area contributed by atoms with Gasteiger partial charge in [0.1, 0.15) is 6.54 Å². The van der Waals surface area contributed by atoms with Crippen molar-refractivity contribution >= 4 is 44.4 Å². The molecule has 3 rings (SSSR count). The van der Waals surface area contributed by atoms with Crippen molar-refractivity contribution in [2.75, 3.05) is 11.9 Å². The molecule has 144 valence electrons. The van der Waals surface area contributed by atoms with Gasteiger partial charge in [0.05, 0.1) is 17.2 Å². The highest BCUT2D eigenvalue weighted by Crippen LogP contribution is 2.19. The molecule has 3 aromatic rings. The third-order valence-corrected chi connectivity index (χ3v) is 4.67. The number of anilines is 1. The third kappa shape index (κ3) is 4.45. The summed E-state index contributed by atoms with van der Waals surface area (Å²) >= 11 is 3.35. The van der Waals surface area contributed by atoms with E-state index in [0.29, 0.717) is 16.6 Å². The lowest BCUT2D eigenvalue weighted by atomic mass is 10.1. The molecule has 0 radical (unpaired) electrons. The van der Waals surface area contributed by atoms with Crippen molar-refractivity contribution in [2.45, 2.75) is 20.4 Å². The van der Waals surface area contributed by atoms with Gasteiger partial charge in [-0.15, -0.1) is 0 Å². The zero-order chi connectivity index (χ0) is 20.3. The summed E-state index contributed by atoms with van der Waals surface area (Å²) in [5.74, 6) is -1.16. The minimum absolute atomic E-state index is 0.319. The molecule has 0 unspecified atom stereocenters. The Labute approximate surface area is 169 Å². The van der Waals surface area contributed by atoms with Gasteiger partial charge in [-0.25, -0.2) is 4.98 Å². The van der Waals surface area contributed by atoms with Gasteiger partial charge in [0.25, 0.3) is 11.5 Å². The van der Waals surface area contributed by atoms with Crippen LogP contribution in [0.1, 0.15) is 11.1 Å². The molecule has 1 N–H and O–H groups in total. The Bertz CT molecular complexity index is 1120. The van der Waals surface area contributed by atoms with E-state index < -0.39 is 18.5 Å². The SMILES string of the molecule is Cc1cc(Br)ccc1NC(=O)COC(=O)Cn1cnc2c(C)cccc2c1=O. The number of fused-ring (bicyclic) bond motifs is 1. The molecule has 8 heteroatoms. The second-order valence-electron chi connectivity index (χ2n) is 6.32. The first-order valence-corrected chi connectivity index (χ1v) is 9.31. The van der Waals surface area contributed by atoms with E-state index in [1.165, 1.54) is 10.9 Å². The lowest BCUT2D eigenvalue weighted by molar-refractivity contribution is -0.147. The van der Waals surface area contributed by atoms with Crippen molar-refractivity contribution in [2.24, 2.45) is 0 Å². The molecule has 0 saturated carbocycles. The highest BCUT2D eigenvalue weighted by Gasteiger charge is 2.12. The summed E-state index contributed by atoms with van der Waals surface area (Å²) in [6.45, 7) is 2.95. The van der Waals surface area contributed by atoms with Gasteiger partial charge in [-0.2, -0.15) is 0 Å². The number of halogens is 1. The number of amides is 1. The van der Waals surface area contributed by atoms with E-state index in [2.05, 4.69) is 26.2 Å². The molecule has 1 aromatic heterocycles. The van der Waals surface area contributed by atoms with Gasteiger partial charge in [0, 0.05) is 10.2 Å². The average Bonchev–Trinajstić information content (AvgIpc) is 2.65. The van der Waals surface area contributed by atoms with E-state index in [1.54, 1.807) is 24.3 Å². The molecule has 7 nitrogen and oxygen atoms in total. The average molecular weight is 444 g/mol. The lowest BCUT2D eigenvalue weighted by Gasteiger charge is -2.10. The number of nitrogens with one attached hydrogen (secondary N) is 1. The number of aryl methyl sites for hydroxylation is 2. The topological polar surface area (TPSA) is 90.3 Å². The van der Waals surface area contributed by atoms with Crippen LogP contribution in [-0.4, -0.2) is 28.0 Å². The van der Waals surface area contributed by atoms with Crippen molar-refractivity contribution < 1.29 is 14.3 Å². The van der Waals surface area contributed by atoms with Gasteiger partial charge in [-0.1, -0.05) is 28.1 Å². The summed E-state index contributed by atoms with van der Waals surface area (Å²) < 4.78 is 7.06. The van der Waals surface area contributed by atoms with Gasteiger partial charge in [0.15, 0.2) is 6.61 Å². The van der Waals surface area contributed by atoms with Gasteiger partial charge in [-0.05, 0) is 49.2 Å². The number of benzene rings is 2. The standard InChI is InChI=1S/C20H18BrN3O4/c1-12-4-3-5-15-19(12)22-11-24(20(15)27)9-18(26)28-10-17(25)23-16-7-6-14(21)8-13(16)2/h3-8,11H,9-10H2,1-2H3,(H,23,25). The fourth-order valence-corrected chi connectivity index (χ4v) is 3.21. The fourth-order valence-electron chi connectivity index (χ4n) is 2.73. The smallest absolute Gasteiger partial charge is 0.326 e. The number of para-hydroxylation sites is 1. The van der Waals surface area contributed by atoms with Crippen molar-refractivity contribution in [3.8, 4) is 0 Å². The summed E-state index contributed by atoms with van der Waals surface area (Å²) in [4.78, 5) is 40.8. The number of hydrogen-bond acceptors (Lipinski definition) is 5. The maximum atomic E-state index is 12.5. The maximum absolute atomic E-state index is 12.5. The Morgan fingerprint density at radius 3 is 2.71 bits per heavy atom. The molecular weight excluding hydrogens is 426 g/mol. The number of rotatable bonds is 5. The van der Waals surface area contributed by atoms with Crippen LogP contribution in [0.4, 0.5) is 5.69 Å². The van der Waals surface area contributed by atoms with Crippen molar-refractivity contribution in [3.05, 3.63) is 68.7 Å². The van der Waals surface area contributed by atoms with E-state index in [-0.39, 0.29) is 12.1 Å². The number of hydrogen-bond donors (Lipinski definition) is 1. The lowest BCUT2D eigenvalue weighted by Crippen LogP contribution is -2.28. The largest absolute Gasteiger partial charge is 0.454 e. The molecule has 0 aliphatic heterocycles. The first kappa shape index (κ1) is 19.8. The predicted octanol–water partition coefficient (Wildman–Crippen LogP) is 2.96. The summed E-state index contributed by atoms with van der Waals surface area (Å²) in [5.41, 5.74) is 2.65. The molecule has 1 amide bonds. The molecule has 0 saturated heterocycles. The predicted molar refractivity (Wildman–Crippen MR) is 109 cm³/mol. The molecule has 0 aliphatic rings. The minimum atomic E-state index is -0.696. The van der Waals surface area contributed by atoms with E-state index in [1.807, 2.05) is 26.0 Å². The Morgan fingerprint density at radius 1 is 1.18 bits per heavy atom. The normalized spacial score (nSPS) is 10.7. The Hall–Kier alpha value is -3.00. The summed E-state index contributed by atoms with van der Waals surface area (Å²) in [7, 11) is 0. The molecule has 1 heterocycles. The zero-order valence-corrected chi connectivity index (χ0v) is 16.9. The van der Waals surface area contributed by atoms with E-state index in [9.17, 15) is 14.4 Å². The van der Waals surface area contributed by atoms with E-state index >= 15 is 0 Å².